The van der Waals surface area contributed by atoms with E-state index in [1.165, 1.54) is 17.3 Å². The minimum atomic E-state index is -0.175. The first-order valence-corrected chi connectivity index (χ1v) is 6.71. The van der Waals surface area contributed by atoms with Crippen LogP contribution in [0.25, 0.3) is 16.5 Å². The van der Waals surface area contributed by atoms with Crippen molar-refractivity contribution in [3.63, 3.8) is 0 Å². The van der Waals surface area contributed by atoms with Crippen molar-refractivity contribution < 1.29 is 4.39 Å². The normalized spacial score (nSPS) is 18.5. The van der Waals surface area contributed by atoms with E-state index in [0.717, 1.165) is 42.4 Å². The van der Waals surface area contributed by atoms with Gasteiger partial charge in [0.25, 0.3) is 0 Å². The van der Waals surface area contributed by atoms with E-state index in [4.69, 9.17) is 0 Å². The highest BCUT2D eigenvalue weighted by Crippen LogP contribution is 2.33. The van der Waals surface area contributed by atoms with Crippen LogP contribution in [0.3, 0.4) is 0 Å². The number of benzene rings is 1. The summed E-state index contributed by atoms with van der Waals surface area (Å²) in [5.74, 6) is -0.175. The minimum absolute atomic E-state index is 0.175. The smallest absolute Gasteiger partial charge is 0.123 e. The van der Waals surface area contributed by atoms with Gasteiger partial charge in [0.1, 0.15) is 5.82 Å². The molecule has 0 amide bonds. The van der Waals surface area contributed by atoms with Gasteiger partial charge in [-0.2, -0.15) is 0 Å². The Labute approximate surface area is 111 Å². The van der Waals surface area contributed by atoms with Crippen LogP contribution in [0.15, 0.2) is 42.2 Å². The van der Waals surface area contributed by atoms with Crippen LogP contribution in [0.4, 0.5) is 4.39 Å². The van der Waals surface area contributed by atoms with Crippen molar-refractivity contribution >= 4 is 16.5 Å². The van der Waals surface area contributed by atoms with E-state index >= 15 is 0 Å². The quantitative estimate of drug-likeness (QED) is 0.822. The number of allylic oxidation sites excluding steroid dienone is 1. The molecule has 3 heteroatoms. The fourth-order valence-electron chi connectivity index (χ4n) is 3.10. The molecule has 0 atom stereocenters. The SMILES string of the molecule is Fc1ccc2[nH]cc(C3=CCC4=CCCN4C3)c2c1. The van der Waals surface area contributed by atoms with E-state index in [2.05, 4.69) is 22.0 Å². The highest BCUT2D eigenvalue weighted by molar-refractivity contribution is 5.93. The molecule has 2 aromatic rings. The number of hydrogen-bond acceptors (Lipinski definition) is 1. The van der Waals surface area contributed by atoms with Crippen molar-refractivity contribution in [2.75, 3.05) is 13.1 Å². The molecule has 4 rings (SSSR count). The molecule has 96 valence electrons. The number of aromatic nitrogens is 1. The van der Waals surface area contributed by atoms with Gasteiger partial charge in [0, 0.05) is 47.9 Å². The molecule has 1 aromatic carbocycles. The monoisotopic (exact) mass is 254 g/mol. The van der Waals surface area contributed by atoms with Crippen molar-refractivity contribution in [1.82, 2.24) is 9.88 Å². The van der Waals surface area contributed by atoms with E-state index < -0.39 is 0 Å². The third-order valence-electron chi connectivity index (χ3n) is 4.09. The molecule has 19 heavy (non-hydrogen) atoms. The van der Waals surface area contributed by atoms with E-state index in [-0.39, 0.29) is 5.82 Å². The average molecular weight is 254 g/mol. The van der Waals surface area contributed by atoms with Gasteiger partial charge in [-0.1, -0.05) is 12.2 Å². The molecule has 0 saturated carbocycles. The summed E-state index contributed by atoms with van der Waals surface area (Å²) in [6, 6.07) is 4.93. The van der Waals surface area contributed by atoms with Crippen LogP contribution in [0, 0.1) is 5.82 Å². The summed E-state index contributed by atoms with van der Waals surface area (Å²) >= 11 is 0. The first-order valence-electron chi connectivity index (χ1n) is 6.71. The lowest BCUT2D eigenvalue weighted by molar-refractivity contribution is 0.407. The van der Waals surface area contributed by atoms with Crippen LogP contribution in [0.2, 0.25) is 0 Å². The van der Waals surface area contributed by atoms with E-state index in [1.807, 2.05) is 6.20 Å². The molecule has 0 spiro atoms. The number of aromatic amines is 1. The molecular formula is C16H15FN2. The Bertz CT molecular complexity index is 709. The van der Waals surface area contributed by atoms with E-state index in [9.17, 15) is 4.39 Å². The maximum atomic E-state index is 13.4. The summed E-state index contributed by atoms with van der Waals surface area (Å²) in [7, 11) is 0. The lowest BCUT2D eigenvalue weighted by atomic mass is 10.00. The second-order valence-electron chi connectivity index (χ2n) is 5.23. The van der Waals surface area contributed by atoms with Gasteiger partial charge in [-0.15, -0.1) is 0 Å². The molecule has 0 fully saturated rings. The predicted molar refractivity (Wildman–Crippen MR) is 75.1 cm³/mol. The third-order valence-corrected chi connectivity index (χ3v) is 4.09. The Balaban J connectivity index is 1.79. The molecule has 3 heterocycles. The summed E-state index contributed by atoms with van der Waals surface area (Å²) < 4.78 is 13.4. The molecule has 2 aliphatic rings. The van der Waals surface area contributed by atoms with Crippen molar-refractivity contribution in [3.8, 4) is 0 Å². The zero-order valence-corrected chi connectivity index (χ0v) is 10.6. The Morgan fingerprint density at radius 1 is 1.21 bits per heavy atom. The minimum Gasteiger partial charge on any atom is -0.370 e. The number of nitrogens with one attached hydrogen (secondary N) is 1. The van der Waals surface area contributed by atoms with Gasteiger partial charge in [0.05, 0.1) is 0 Å². The summed E-state index contributed by atoms with van der Waals surface area (Å²) in [5, 5.41) is 0.984. The zero-order valence-electron chi connectivity index (χ0n) is 10.6. The lowest BCUT2D eigenvalue weighted by Crippen LogP contribution is -2.24. The van der Waals surface area contributed by atoms with Crippen LogP contribution in [-0.4, -0.2) is 23.0 Å². The number of hydrogen-bond donors (Lipinski definition) is 1. The first-order chi connectivity index (χ1) is 9.31. The van der Waals surface area contributed by atoms with Crippen molar-refractivity contribution in [2.24, 2.45) is 0 Å². The lowest BCUT2D eigenvalue weighted by Gasteiger charge is -2.27. The van der Waals surface area contributed by atoms with Crippen LogP contribution < -0.4 is 0 Å². The van der Waals surface area contributed by atoms with Gasteiger partial charge in [0.15, 0.2) is 0 Å². The molecule has 2 aliphatic heterocycles. The number of nitrogens with zero attached hydrogens (tertiary/aromatic N) is 1. The predicted octanol–water partition coefficient (Wildman–Crippen LogP) is 3.68. The van der Waals surface area contributed by atoms with Gasteiger partial charge in [-0.25, -0.2) is 4.39 Å². The first kappa shape index (κ1) is 10.9. The highest BCUT2D eigenvalue weighted by Gasteiger charge is 2.21. The summed E-state index contributed by atoms with van der Waals surface area (Å²) in [4.78, 5) is 5.66. The topological polar surface area (TPSA) is 19.0 Å². The molecular weight excluding hydrogens is 239 g/mol. The molecule has 1 aromatic heterocycles. The largest absolute Gasteiger partial charge is 0.370 e. The number of fused-ring (bicyclic) bond motifs is 2. The Hall–Kier alpha value is -2.03. The molecule has 0 saturated heterocycles. The molecule has 0 unspecified atom stereocenters. The van der Waals surface area contributed by atoms with Crippen LogP contribution in [-0.2, 0) is 0 Å². The number of H-pyrrole nitrogens is 1. The Kier molecular flexibility index (Phi) is 2.28. The Morgan fingerprint density at radius 2 is 2.16 bits per heavy atom. The zero-order chi connectivity index (χ0) is 12.8. The third kappa shape index (κ3) is 1.69. The van der Waals surface area contributed by atoms with E-state index in [0.29, 0.717) is 0 Å². The molecule has 0 bridgehead atoms. The van der Waals surface area contributed by atoms with Gasteiger partial charge >= 0.3 is 0 Å². The van der Waals surface area contributed by atoms with Crippen molar-refractivity contribution in [1.29, 1.82) is 0 Å². The number of halogens is 1. The van der Waals surface area contributed by atoms with Gasteiger partial charge in [-0.3, -0.25) is 0 Å². The molecule has 0 aliphatic carbocycles. The maximum Gasteiger partial charge on any atom is 0.123 e. The fraction of sp³-hybridized carbons (Fsp3) is 0.250. The fourth-order valence-corrected chi connectivity index (χ4v) is 3.10. The summed E-state index contributed by atoms with van der Waals surface area (Å²) in [5.41, 5.74) is 4.88. The van der Waals surface area contributed by atoms with Crippen LogP contribution in [0.5, 0.6) is 0 Å². The van der Waals surface area contributed by atoms with Crippen molar-refractivity contribution in [3.05, 3.63) is 53.6 Å². The van der Waals surface area contributed by atoms with Crippen LogP contribution >= 0.6 is 0 Å². The number of rotatable bonds is 1. The maximum absolute atomic E-state index is 13.4. The summed E-state index contributed by atoms with van der Waals surface area (Å²) in [6.07, 6.45) is 8.75. The average Bonchev–Trinajstić information content (AvgIpc) is 3.03. The Morgan fingerprint density at radius 3 is 3.11 bits per heavy atom. The molecule has 2 nitrogen and oxygen atoms in total. The van der Waals surface area contributed by atoms with E-state index in [1.54, 1.807) is 12.1 Å². The molecule has 1 N–H and O–H groups in total. The standard InChI is InChI=1S/C16H15FN2/c17-12-4-6-16-14(8-12)15(9-18-16)11-3-5-13-2-1-7-19(13)10-11/h2-4,6,8-9,18H,1,5,7,10H2. The van der Waals surface area contributed by atoms with Crippen LogP contribution in [0.1, 0.15) is 18.4 Å². The summed E-state index contributed by atoms with van der Waals surface area (Å²) in [6.45, 7) is 2.05. The molecule has 0 radical (unpaired) electrons. The van der Waals surface area contributed by atoms with Gasteiger partial charge in [0.2, 0.25) is 0 Å². The second kappa shape index (κ2) is 3.98. The van der Waals surface area contributed by atoms with Gasteiger partial charge in [-0.05, 0) is 30.2 Å². The van der Waals surface area contributed by atoms with Gasteiger partial charge < -0.3 is 9.88 Å². The highest BCUT2D eigenvalue weighted by atomic mass is 19.1. The second-order valence-corrected chi connectivity index (χ2v) is 5.23. The van der Waals surface area contributed by atoms with Crippen molar-refractivity contribution in [2.45, 2.75) is 12.8 Å².